The van der Waals surface area contributed by atoms with E-state index in [0.717, 1.165) is 0 Å². The largest absolute Gasteiger partial charge is 0.477 e. The number of nitrogens with zero attached hydrogens (tertiary/aromatic N) is 1. The number of halogens is 1. The number of rotatable bonds is 1. The maximum absolute atomic E-state index is 13.3. The van der Waals surface area contributed by atoms with Crippen LogP contribution in [0.2, 0.25) is 0 Å². The minimum absolute atomic E-state index is 0.282. The van der Waals surface area contributed by atoms with Crippen LogP contribution in [-0.2, 0) is 9.59 Å². The van der Waals surface area contributed by atoms with Crippen LogP contribution in [0.3, 0.4) is 0 Å². The van der Waals surface area contributed by atoms with E-state index in [0.29, 0.717) is 0 Å². The van der Waals surface area contributed by atoms with Crippen molar-refractivity contribution in [2.45, 2.75) is 18.6 Å². The summed E-state index contributed by atoms with van der Waals surface area (Å²) < 4.78 is 13.3. The van der Waals surface area contributed by atoms with Crippen molar-refractivity contribution in [3.8, 4) is 0 Å². The highest BCUT2D eigenvalue weighted by Crippen LogP contribution is 2.31. The van der Waals surface area contributed by atoms with Gasteiger partial charge in [-0.05, 0) is 0 Å². The van der Waals surface area contributed by atoms with Crippen LogP contribution in [0.15, 0.2) is 0 Å². The van der Waals surface area contributed by atoms with Crippen LogP contribution in [0.4, 0.5) is 9.18 Å². The van der Waals surface area contributed by atoms with Gasteiger partial charge in [-0.15, -0.1) is 0 Å². The molecule has 13 heavy (non-hydrogen) atoms. The second-order valence-electron chi connectivity index (χ2n) is 2.58. The number of carboxylic acid groups (broad SMARTS) is 2. The number of amides is 2. The zero-order chi connectivity index (χ0) is 10.2. The third-order valence-electron chi connectivity index (χ3n) is 1.79. The van der Waals surface area contributed by atoms with Gasteiger partial charge in [0.25, 0.3) is 5.79 Å². The summed E-state index contributed by atoms with van der Waals surface area (Å²) in [5, 5.41) is 16.7. The van der Waals surface area contributed by atoms with Crippen molar-refractivity contribution in [3.05, 3.63) is 0 Å². The zero-order valence-corrected chi connectivity index (χ0v) is 6.36. The predicted octanol–water partition coefficient (Wildman–Crippen LogP) is 0.0372. The molecular formula is C6H6FNO5. The fourth-order valence-electron chi connectivity index (χ4n) is 1.15. The lowest BCUT2D eigenvalue weighted by Gasteiger charge is -2.22. The van der Waals surface area contributed by atoms with Gasteiger partial charge < -0.3 is 10.2 Å². The summed E-state index contributed by atoms with van der Waals surface area (Å²) in [4.78, 5) is 31.2. The van der Waals surface area contributed by atoms with Crippen LogP contribution < -0.4 is 0 Å². The van der Waals surface area contributed by atoms with E-state index in [2.05, 4.69) is 0 Å². The molecule has 72 valence electrons. The average molecular weight is 191 g/mol. The van der Waals surface area contributed by atoms with Gasteiger partial charge in [0.2, 0.25) is 5.91 Å². The first kappa shape index (κ1) is 9.43. The second-order valence-corrected chi connectivity index (χ2v) is 2.58. The summed E-state index contributed by atoms with van der Waals surface area (Å²) in [5.74, 6) is -6.08. The summed E-state index contributed by atoms with van der Waals surface area (Å²) in [6.07, 6.45) is -2.92. The summed E-state index contributed by atoms with van der Waals surface area (Å²) >= 11 is 0. The molecule has 0 aliphatic carbocycles. The second kappa shape index (κ2) is 2.68. The van der Waals surface area contributed by atoms with Gasteiger partial charge in [0.15, 0.2) is 0 Å². The van der Waals surface area contributed by atoms with Gasteiger partial charge in [-0.3, -0.25) is 4.79 Å². The van der Waals surface area contributed by atoms with E-state index >= 15 is 0 Å². The smallest absolute Gasteiger partial charge is 0.417 e. The van der Waals surface area contributed by atoms with Gasteiger partial charge in [0.05, 0.1) is 0 Å². The number of aliphatic carboxylic acids is 1. The van der Waals surface area contributed by atoms with Crippen LogP contribution in [0, 0.1) is 0 Å². The molecule has 7 heteroatoms. The Morgan fingerprint density at radius 2 is 2.00 bits per heavy atom. The van der Waals surface area contributed by atoms with Crippen LogP contribution in [-0.4, -0.2) is 38.9 Å². The van der Waals surface area contributed by atoms with E-state index in [9.17, 15) is 18.8 Å². The molecule has 1 rings (SSSR count). The van der Waals surface area contributed by atoms with Gasteiger partial charge in [0.1, 0.15) is 0 Å². The molecule has 2 amide bonds. The first-order valence-electron chi connectivity index (χ1n) is 3.38. The van der Waals surface area contributed by atoms with Crippen LogP contribution in [0.25, 0.3) is 0 Å². The first-order chi connectivity index (χ1) is 5.89. The lowest BCUT2D eigenvalue weighted by atomic mass is 10.2. The van der Waals surface area contributed by atoms with E-state index in [1.165, 1.54) is 0 Å². The van der Waals surface area contributed by atoms with Crippen LogP contribution >= 0.6 is 0 Å². The molecule has 1 aliphatic rings. The SMILES string of the molecule is O=C(O)N1C(=O)CCC1(F)C(=O)O. The van der Waals surface area contributed by atoms with Crippen LogP contribution in [0.5, 0.6) is 0 Å². The maximum Gasteiger partial charge on any atom is 0.417 e. The molecular weight excluding hydrogens is 185 g/mol. The number of carbonyl (C=O) groups is 3. The predicted molar refractivity (Wildman–Crippen MR) is 35.6 cm³/mol. The van der Waals surface area contributed by atoms with Crippen molar-refractivity contribution in [3.63, 3.8) is 0 Å². The molecule has 1 fully saturated rings. The molecule has 0 aromatic heterocycles. The Morgan fingerprint density at radius 3 is 2.31 bits per heavy atom. The molecule has 0 radical (unpaired) electrons. The molecule has 0 spiro atoms. The summed E-state index contributed by atoms with van der Waals surface area (Å²) in [7, 11) is 0. The standard InChI is InChI=1S/C6H6FNO5/c7-6(4(10)11)2-1-3(9)8(6)5(12)13/h1-2H2,(H,10,11)(H,12,13). The topological polar surface area (TPSA) is 94.9 Å². The third kappa shape index (κ3) is 1.21. The minimum atomic E-state index is -3.09. The number of hydrogen-bond donors (Lipinski definition) is 2. The molecule has 6 nitrogen and oxygen atoms in total. The lowest BCUT2D eigenvalue weighted by Crippen LogP contribution is -2.50. The number of likely N-dealkylation sites (tertiary alicyclic amines) is 1. The number of imide groups is 1. The molecule has 1 heterocycles. The van der Waals surface area contributed by atoms with Crippen molar-refractivity contribution >= 4 is 18.0 Å². The van der Waals surface area contributed by atoms with Crippen molar-refractivity contribution in [1.82, 2.24) is 4.90 Å². The summed E-state index contributed by atoms with van der Waals surface area (Å²) in [6.45, 7) is 0. The number of alkyl halides is 1. The van der Waals surface area contributed by atoms with E-state index in [1.807, 2.05) is 0 Å². The Hall–Kier alpha value is -1.66. The van der Waals surface area contributed by atoms with Gasteiger partial charge >= 0.3 is 12.1 Å². The van der Waals surface area contributed by atoms with Gasteiger partial charge in [-0.2, -0.15) is 0 Å². The fraction of sp³-hybridized carbons (Fsp3) is 0.500. The Balaban J connectivity index is 3.06. The highest BCUT2D eigenvalue weighted by molar-refractivity contribution is 5.99. The van der Waals surface area contributed by atoms with Crippen LogP contribution in [0.1, 0.15) is 12.8 Å². The van der Waals surface area contributed by atoms with E-state index in [-0.39, 0.29) is 4.90 Å². The van der Waals surface area contributed by atoms with E-state index in [1.54, 1.807) is 0 Å². The summed E-state index contributed by atoms with van der Waals surface area (Å²) in [5.41, 5.74) is 0. The first-order valence-corrected chi connectivity index (χ1v) is 3.38. The van der Waals surface area contributed by atoms with Gasteiger partial charge in [-0.25, -0.2) is 18.9 Å². The van der Waals surface area contributed by atoms with Gasteiger partial charge in [-0.1, -0.05) is 0 Å². The molecule has 1 unspecified atom stereocenters. The minimum Gasteiger partial charge on any atom is -0.477 e. The molecule has 0 saturated carbocycles. The molecule has 0 aromatic carbocycles. The lowest BCUT2D eigenvalue weighted by molar-refractivity contribution is -0.163. The molecule has 0 aromatic rings. The van der Waals surface area contributed by atoms with Crippen molar-refractivity contribution in [1.29, 1.82) is 0 Å². The molecule has 1 saturated heterocycles. The Morgan fingerprint density at radius 1 is 1.46 bits per heavy atom. The van der Waals surface area contributed by atoms with Gasteiger partial charge in [0, 0.05) is 12.8 Å². The third-order valence-corrected chi connectivity index (χ3v) is 1.79. The maximum atomic E-state index is 13.3. The Bertz CT molecular complexity index is 291. The average Bonchev–Trinajstić information content (AvgIpc) is 2.28. The quantitative estimate of drug-likeness (QED) is 0.570. The van der Waals surface area contributed by atoms with Crippen molar-refractivity contribution in [2.75, 3.05) is 0 Å². The number of carbonyl (C=O) groups excluding carboxylic acids is 1. The van der Waals surface area contributed by atoms with E-state index in [4.69, 9.17) is 10.2 Å². The van der Waals surface area contributed by atoms with Crippen molar-refractivity contribution < 1.29 is 29.0 Å². The number of carboxylic acids is 1. The zero-order valence-electron chi connectivity index (χ0n) is 6.36. The Labute approximate surface area is 71.6 Å². The molecule has 0 bridgehead atoms. The normalized spacial score (nSPS) is 27.8. The molecule has 1 atom stereocenters. The summed E-state index contributed by atoms with van der Waals surface area (Å²) in [6, 6.07) is 0. The fourth-order valence-corrected chi connectivity index (χ4v) is 1.15. The number of hydrogen-bond acceptors (Lipinski definition) is 3. The monoisotopic (exact) mass is 191 g/mol. The van der Waals surface area contributed by atoms with Crippen molar-refractivity contribution in [2.24, 2.45) is 0 Å². The Kier molecular flexibility index (Phi) is 1.94. The molecule has 2 N–H and O–H groups in total. The highest BCUT2D eigenvalue weighted by Gasteiger charge is 2.55. The molecule has 1 aliphatic heterocycles. The highest BCUT2D eigenvalue weighted by atomic mass is 19.1. The van der Waals surface area contributed by atoms with E-state index < -0.39 is 36.6 Å².